The predicted octanol–water partition coefficient (Wildman–Crippen LogP) is 2.90. The van der Waals surface area contributed by atoms with Crippen LogP contribution in [0.2, 0.25) is 0 Å². The third-order valence-corrected chi connectivity index (χ3v) is 4.18. The highest BCUT2D eigenvalue weighted by Gasteiger charge is 2.23. The van der Waals surface area contributed by atoms with Crippen LogP contribution < -0.4 is 4.90 Å². The lowest BCUT2D eigenvalue weighted by molar-refractivity contribution is 0.0695. The third-order valence-electron chi connectivity index (χ3n) is 3.41. The Morgan fingerprint density at radius 3 is 2.63 bits per heavy atom. The molecule has 1 N–H and O–H groups in total. The molecule has 6 heteroatoms. The molecule has 19 heavy (non-hydrogen) atoms. The van der Waals surface area contributed by atoms with Gasteiger partial charge in [-0.25, -0.2) is 9.18 Å². The number of anilines is 1. The molecule has 4 nitrogen and oxygen atoms in total. The van der Waals surface area contributed by atoms with Crippen LogP contribution in [0.5, 0.6) is 0 Å². The summed E-state index contributed by atoms with van der Waals surface area (Å²) in [5, 5.41) is 8.93. The molecule has 0 bridgehead atoms. The Morgan fingerprint density at radius 1 is 1.47 bits per heavy atom. The van der Waals surface area contributed by atoms with Crippen molar-refractivity contribution in [1.82, 2.24) is 0 Å². The van der Waals surface area contributed by atoms with Crippen LogP contribution in [0.25, 0.3) is 0 Å². The Kier molecular flexibility index (Phi) is 4.42. The number of carboxylic acid groups (broad SMARTS) is 1. The number of rotatable bonds is 3. The highest BCUT2D eigenvalue weighted by molar-refractivity contribution is 9.10. The summed E-state index contributed by atoms with van der Waals surface area (Å²) in [5.41, 5.74) is 0.374. The van der Waals surface area contributed by atoms with E-state index in [0.29, 0.717) is 18.8 Å². The molecule has 1 heterocycles. The van der Waals surface area contributed by atoms with Crippen LogP contribution in [0.15, 0.2) is 16.6 Å². The molecular formula is C13H15BrFNO3. The number of nitrogens with zero attached hydrogens (tertiary/aromatic N) is 1. The van der Waals surface area contributed by atoms with Gasteiger partial charge in [0, 0.05) is 20.2 Å². The number of piperidine rings is 1. The number of aromatic carboxylic acids is 1. The van der Waals surface area contributed by atoms with E-state index < -0.39 is 11.8 Å². The van der Waals surface area contributed by atoms with E-state index in [9.17, 15) is 9.18 Å². The standard InChI is InChI=1S/C13H15BrFNO3/c1-19-8-4-6-16(7-5-8)10-3-2-9(13(17)18)11(14)12(10)15/h2-3,8H,4-7H2,1H3,(H,17,18). The number of benzene rings is 1. The molecule has 1 aromatic carbocycles. The van der Waals surface area contributed by atoms with Gasteiger partial charge in [-0.3, -0.25) is 0 Å². The number of methoxy groups -OCH3 is 1. The molecular weight excluding hydrogens is 317 g/mol. The smallest absolute Gasteiger partial charge is 0.336 e. The quantitative estimate of drug-likeness (QED) is 0.925. The van der Waals surface area contributed by atoms with Gasteiger partial charge >= 0.3 is 5.97 Å². The van der Waals surface area contributed by atoms with Gasteiger partial charge in [0.1, 0.15) is 0 Å². The summed E-state index contributed by atoms with van der Waals surface area (Å²) < 4.78 is 19.5. The zero-order chi connectivity index (χ0) is 14.0. The Bertz CT molecular complexity index is 487. The molecule has 0 amide bonds. The summed E-state index contributed by atoms with van der Waals surface area (Å²) in [6.07, 6.45) is 1.91. The molecule has 0 aliphatic carbocycles. The Morgan fingerprint density at radius 2 is 2.11 bits per heavy atom. The van der Waals surface area contributed by atoms with Gasteiger partial charge in [0.25, 0.3) is 0 Å². The van der Waals surface area contributed by atoms with Crippen LogP contribution in [0, 0.1) is 5.82 Å². The lowest BCUT2D eigenvalue weighted by atomic mass is 10.1. The molecule has 1 saturated heterocycles. The molecule has 1 aliphatic heterocycles. The highest BCUT2D eigenvalue weighted by atomic mass is 79.9. The lowest BCUT2D eigenvalue weighted by Gasteiger charge is -2.33. The number of carbonyl (C=O) groups is 1. The second-order valence-electron chi connectivity index (χ2n) is 4.49. The summed E-state index contributed by atoms with van der Waals surface area (Å²) in [6.45, 7) is 1.41. The van der Waals surface area contributed by atoms with Crippen LogP contribution in [0.4, 0.5) is 10.1 Å². The van der Waals surface area contributed by atoms with E-state index in [4.69, 9.17) is 9.84 Å². The number of halogens is 2. The first-order valence-corrected chi connectivity index (χ1v) is 6.83. The van der Waals surface area contributed by atoms with Gasteiger partial charge in [0.05, 0.1) is 21.8 Å². The highest BCUT2D eigenvalue weighted by Crippen LogP contribution is 2.31. The first-order valence-electron chi connectivity index (χ1n) is 6.03. The van der Waals surface area contributed by atoms with Gasteiger partial charge in [-0.2, -0.15) is 0 Å². The number of hydrogen-bond donors (Lipinski definition) is 1. The monoisotopic (exact) mass is 331 g/mol. The van der Waals surface area contributed by atoms with Gasteiger partial charge in [-0.1, -0.05) is 0 Å². The van der Waals surface area contributed by atoms with Gasteiger partial charge in [0.15, 0.2) is 5.82 Å². The average molecular weight is 332 g/mol. The second-order valence-corrected chi connectivity index (χ2v) is 5.28. The molecule has 0 spiro atoms. The number of hydrogen-bond acceptors (Lipinski definition) is 3. The van der Waals surface area contributed by atoms with Gasteiger partial charge in [-0.15, -0.1) is 0 Å². The Labute approximate surface area is 119 Å². The van der Waals surface area contributed by atoms with Crippen molar-refractivity contribution in [3.63, 3.8) is 0 Å². The SMILES string of the molecule is COC1CCN(c2ccc(C(=O)O)c(Br)c2F)CC1. The molecule has 104 valence electrons. The van der Waals surface area contributed by atoms with Crippen molar-refractivity contribution in [3.8, 4) is 0 Å². The molecule has 1 aromatic rings. The van der Waals surface area contributed by atoms with Crippen molar-refractivity contribution < 1.29 is 19.0 Å². The maximum Gasteiger partial charge on any atom is 0.336 e. The van der Waals surface area contributed by atoms with Gasteiger partial charge in [0.2, 0.25) is 0 Å². The summed E-state index contributed by atoms with van der Waals surface area (Å²) >= 11 is 3.02. The maximum absolute atomic E-state index is 14.2. The molecule has 2 rings (SSSR count). The minimum atomic E-state index is -1.14. The summed E-state index contributed by atoms with van der Waals surface area (Å²) in [6, 6.07) is 2.95. The van der Waals surface area contributed by atoms with E-state index in [0.717, 1.165) is 12.8 Å². The topological polar surface area (TPSA) is 49.8 Å². The molecule has 1 aliphatic rings. The van der Waals surface area contributed by atoms with Crippen LogP contribution in [0.3, 0.4) is 0 Å². The fraction of sp³-hybridized carbons (Fsp3) is 0.462. The maximum atomic E-state index is 14.2. The van der Waals surface area contributed by atoms with Crippen LogP contribution >= 0.6 is 15.9 Å². The number of ether oxygens (including phenoxy) is 1. The molecule has 0 aromatic heterocycles. The first-order chi connectivity index (χ1) is 9.04. The van der Waals surface area contributed by atoms with Gasteiger partial charge < -0.3 is 14.7 Å². The molecule has 0 atom stereocenters. The second kappa shape index (κ2) is 5.88. The summed E-state index contributed by atoms with van der Waals surface area (Å²) in [7, 11) is 1.68. The minimum Gasteiger partial charge on any atom is -0.478 e. The predicted molar refractivity (Wildman–Crippen MR) is 73.3 cm³/mol. The third kappa shape index (κ3) is 2.90. The van der Waals surface area contributed by atoms with Crippen molar-refractivity contribution >= 4 is 27.6 Å². The van der Waals surface area contributed by atoms with E-state index in [1.807, 2.05) is 4.90 Å². The van der Waals surface area contributed by atoms with Crippen LogP contribution in [-0.2, 0) is 4.74 Å². The van der Waals surface area contributed by atoms with E-state index in [-0.39, 0.29) is 16.1 Å². The summed E-state index contributed by atoms with van der Waals surface area (Å²) in [5.74, 6) is -1.66. The van der Waals surface area contributed by atoms with Crippen molar-refractivity contribution in [2.24, 2.45) is 0 Å². The molecule has 1 fully saturated rings. The largest absolute Gasteiger partial charge is 0.478 e. The van der Waals surface area contributed by atoms with Crippen molar-refractivity contribution in [1.29, 1.82) is 0 Å². The fourth-order valence-electron chi connectivity index (χ4n) is 2.28. The van der Waals surface area contributed by atoms with E-state index in [2.05, 4.69) is 15.9 Å². The van der Waals surface area contributed by atoms with Crippen LogP contribution in [-0.4, -0.2) is 37.4 Å². The normalized spacial score (nSPS) is 16.7. The van der Waals surface area contributed by atoms with E-state index in [1.165, 1.54) is 12.1 Å². The lowest BCUT2D eigenvalue weighted by Crippen LogP contribution is -2.37. The van der Waals surface area contributed by atoms with E-state index in [1.54, 1.807) is 7.11 Å². The van der Waals surface area contributed by atoms with E-state index >= 15 is 0 Å². The zero-order valence-electron chi connectivity index (χ0n) is 10.5. The van der Waals surface area contributed by atoms with Crippen molar-refractivity contribution in [3.05, 3.63) is 28.0 Å². The van der Waals surface area contributed by atoms with Gasteiger partial charge in [-0.05, 0) is 40.9 Å². The first kappa shape index (κ1) is 14.3. The van der Waals surface area contributed by atoms with Crippen molar-refractivity contribution in [2.45, 2.75) is 18.9 Å². The molecule has 0 unspecified atom stereocenters. The molecule has 0 saturated carbocycles. The Hall–Kier alpha value is -1.14. The summed E-state index contributed by atoms with van der Waals surface area (Å²) in [4.78, 5) is 12.8. The fourth-order valence-corrected chi connectivity index (χ4v) is 2.79. The van der Waals surface area contributed by atoms with Crippen LogP contribution in [0.1, 0.15) is 23.2 Å². The average Bonchev–Trinajstić information content (AvgIpc) is 2.41. The van der Waals surface area contributed by atoms with Crippen molar-refractivity contribution in [2.75, 3.05) is 25.1 Å². The molecule has 0 radical (unpaired) electrons. The number of carboxylic acids is 1. The zero-order valence-corrected chi connectivity index (χ0v) is 12.1. The minimum absolute atomic E-state index is 0.00589. The Balaban J connectivity index is 2.22.